The van der Waals surface area contributed by atoms with Crippen LogP contribution in [-0.4, -0.2) is 47.8 Å². The molecule has 2 aromatic carbocycles. The Hall–Kier alpha value is -4.67. The minimum absolute atomic E-state index is 0.438. The lowest BCUT2D eigenvalue weighted by atomic mass is 10.1. The van der Waals surface area contributed by atoms with E-state index in [-0.39, 0.29) is 0 Å². The van der Waals surface area contributed by atoms with Crippen LogP contribution in [0.15, 0.2) is 84.8 Å². The summed E-state index contributed by atoms with van der Waals surface area (Å²) in [7, 11) is 3.54. The molecule has 0 aliphatic carbocycles. The van der Waals surface area contributed by atoms with E-state index >= 15 is 0 Å². The van der Waals surface area contributed by atoms with Gasteiger partial charge in [-0.15, -0.1) is 0 Å². The number of urea groups is 1. The molecule has 4 rings (SSSR count). The van der Waals surface area contributed by atoms with Gasteiger partial charge >= 0.3 is 6.03 Å². The first-order valence-corrected chi connectivity index (χ1v) is 12.9. The molecule has 0 aliphatic rings. The second-order valence-electron chi connectivity index (χ2n) is 8.57. The Balaban J connectivity index is 1.54. The van der Waals surface area contributed by atoms with Gasteiger partial charge in [0.1, 0.15) is 12.4 Å². The molecule has 0 bridgehead atoms. The average molecular weight is 559 g/mol. The number of rotatable bonds is 11. The second-order valence-corrected chi connectivity index (χ2v) is 9.01. The fourth-order valence-electron chi connectivity index (χ4n) is 3.85. The van der Waals surface area contributed by atoms with Crippen LogP contribution in [0.1, 0.15) is 5.56 Å². The lowest BCUT2D eigenvalue weighted by molar-refractivity contribution is 0.262. The number of aromatic nitrogens is 3. The number of benzene rings is 2. The molecule has 0 aliphatic heterocycles. The third-order valence-electron chi connectivity index (χ3n) is 5.78. The molecular formula is C29H31ClN8O2. The summed E-state index contributed by atoms with van der Waals surface area (Å²) >= 11 is 6.16. The van der Waals surface area contributed by atoms with Gasteiger partial charge < -0.3 is 30.6 Å². The molecule has 206 valence electrons. The minimum atomic E-state index is -0.438. The Bertz CT molecular complexity index is 1540. The summed E-state index contributed by atoms with van der Waals surface area (Å²) in [4.78, 5) is 26.2. The number of ether oxygens (including phenoxy) is 1. The van der Waals surface area contributed by atoms with Crippen molar-refractivity contribution in [2.24, 2.45) is 4.99 Å². The van der Waals surface area contributed by atoms with Crippen molar-refractivity contribution in [2.75, 3.05) is 43.2 Å². The Kier molecular flexibility index (Phi) is 9.87. The molecule has 0 saturated carbocycles. The predicted molar refractivity (Wildman–Crippen MR) is 161 cm³/mol. The van der Waals surface area contributed by atoms with Crippen LogP contribution in [0.5, 0.6) is 5.75 Å². The van der Waals surface area contributed by atoms with Crippen LogP contribution in [0.4, 0.5) is 22.0 Å². The molecule has 2 amide bonds. The zero-order valence-electron chi connectivity index (χ0n) is 22.3. The van der Waals surface area contributed by atoms with Crippen LogP contribution in [0.2, 0.25) is 5.02 Å². The second kappa shape index (κ2) is 13.9. The molecule has 10 nitrogen and oxygen atoms in total. The molecule has 2 aromatic heterocycles. The molecule has 11 heteroatoms. The van der Waals surface area contributed by atoms with E-state index in [1.807, 2.05) is 43.6 Å². The zero-order valence-corrected chi connectivity index (χ0v) is 23.1. The highest BCUT2D eigenvalue weighted by Gasteiger charge is 2.12. The summed E-state index contributed by atoms with van der Waals surface area (Å²) in [6.45, 7) is 5.57. The number of hydrogen-bond donors (Lipinski definition) is 4. The van der Waals surface area contributed by atoms with E-state index < -0.39 is 6.03 Å². The van der Waals surface area contributed by atoms with Crippen molar-refractivity contribution in [1.29, 1.82) is 0 Å². The molecule has 0 unspecified atom stereocenters. The first-order chi connectivity index (χ1) is 19.5. The molecule has 4 N–H and O–H groups in total. The topological polar surface area (TPSA) is 117 Å². The predicted octanol–water partition coefficient (Wildman–Crippen LogP) is 5.08. The van der Waals surface area contributed by atoms with Gasteiger partial charge in [0.15, 0.2) is 11.3 Å². The maximum absolute atomic E-state index is 12.9. The number of amides is 2. The molecule has 40 heavy (non-hydrogen) atoms. The molecule has 2 heterocycles. The summed E-state index contributed by atoms with van der Waals surface area (Å²) in [5.41, 5.74) is 4.20. The van der Waals surface area contributed by atoms with Gasteiger partial charge in [-0.05, 0) is 55.1 Å². The van der Waals surface area contributed by atoms with Crippen molar-refractivity contribution in [3.63, 3.8) is 0 Å². The van der Waals surface area contributed by atoms with Gasteiger partial charge in [0.05, 0.1) is 11.4 Å². The minimum Gasteiger partial charge on any atom is -0.490 e. The number of nitrogens with one attached hydrogen (secondary N) is 4. The fraction of sp³-hybridized carbons (Fsp3) is 0.172. The Labute approximate surface area is 237 Å². The third-order valence-corrected chi connectivity index (χ3v) is 6.02. The maximum atomic E-state index is 12.9. The lowest BCUT2D eigenvalue weighted by Gasteiger charge is -2.15. The standard InChI is InChI=1S/C29H31ClN8O2/c1-4-38-19-25(36-27(28(38)32-3)34-18-20-10-12-33-13-11-20)21-6-5-7-23(16-21)35-29(39)37-24-17-22(30)8-9-26(24)40-15-14-31-2/h4-13,16-17,19,31H,1,14-15,18H2,2-3H3,(H,34,36)(H2,35,37,39). The molecule has 0 atom stereocenters. The number of halogens is 1. The van der Waals surface area contributed by atoms with Crippen LogP contribution in [0.25, 0.3) is 17.5 Å². The number of anilines is 3. The van der Waals surface area contributed by atoms with Gasteiger partial charge in [0.2, 0.25) is 0 Å². The van der Waals surface area contributed by atoms with E-state index in [1.165, 1.54) is 0 Å². The molecule has 4 aromatic rings. The van der Waals surface area contributed by atoms with Crippen molar-refractivity contribution >= 4 is 41.0 Å². The summed E-state index contributed by atoms with van der Waals surface area (Å²) < 4.78 is 7.57. The van der Waals surface area contributed by atoms with Gasteiger partial charge in [-0.1, -0.05) is 30.3 Å². The highest BCUT2D eigenvalue weighted by atomic mass is 35.5. The lowest BCUT2D eigenvalue weighted by Crippen LogP contribution is -2.23. The van der Waals surface area contributed by atoms with Crippen molar-refractivity contribution in [3.8, 4) is 17.0 Å². The van der Waals surface area contributed by atoms with Crippen LogP contribution >= 0.6 is 11.6 Å². The number of likely N-dealkylation sites (N-methyl/N-ethyl adjacent to an activating group) is 1. The molecule has 0 fully saturated rings. The van der Waals surface area contributed by atoms with Crippen LogP contribution in [0.3, 0.4) is 0 Å². The number of nitrogens with zero attached hydrogens (tertiary/aromatic N) is 4. The van der Waals surface area contributed by atoms with Gasteiger partial charge in [-0.25, -0.2) is 9.78 Å². The Morgan fingerprint density at radius 1 is 1.15 bits per heavy atom. The highest BCUT2D eigenvalue weighted by Crippen LogP contribution is 2.28. The van der Waals surface area contributed by atoms with Gasteiger partial charge in [-0.2, -0.15) is 0 Å². The first kappa shape index (κ1) is 28.3. The third kappa shape index (κ3) is 7.46. The van der Waals surface area contributed by atoms with E-state index in [0.29, 0.717) is 58.8 Å². The number of carbonyl (C=O) groups excluding carboxylic acids is 1. The monoisotopic (exact) mass is 558 g/mol. The summed E-state index contributed by atoms with van der Waals surface area (Å²) in [6, 6.07) is 15.9. The fourth-order valence-corrected chi connectivity index (χ4v) is 4.02. The largest absolute Gasteiger partial charge is 0.490 e. The average Bonchev–Trinajstić information content (AvgIpc) is 2.97. The SMILES string of the molecule is C=Cn1cc(-c2cccc(NC(=O)Nc3cc(Cl)ccc3OCCNC)c2)nc(NCc2ccncc2)c1=NC. The van der Waals surface area contributed by atoms with E-state index in [2.05, 4.69) is 37.8 Å². The van der Waals surface area contributed by atoms with Crippen molar-refractivity contribution in [1.82, 2.24) is 19.9 Å². The zero-order chi connectivity index (χ0) is 28.3. The van der Waals surface area contributed by atoms with Crippen LogP contribution in [0, 0.1) is 0 Å². The first-order valence-electron chi connectivity index (χ1n) is 12.6. The molecule has 0 spiro atoms. The van der Waals surface area contributed by atoms with E-state index in [0.717, 1.165) is 11.1 Å². The Morgan fingerprint density at radius 3 is 2.73 bits per heavy atom. The van der Waals surface area contributed by atoms with Crippen molar-refractivity contribution in [2.45, 2.75) is 6.54 Å². The number of pyridine rings is 1. The maximum Gasteiger partial charge on any atom is 0.323 e. The molecule has 0 radical (unpaired) electrons. The van der Waals surface area contributed by atoms with Gasteiger partial charge in [-0.3, -0.25) is 9.98 Å². The van der Waals surface area contributed by atoms with Crippen molar-refractivity contribution < 1.29 is 9.53 Å². The summed E-state index contributed by atoms with van der Waals surface area (Å²) in [5, 5.41) is 12.6. The quantitative estimate of drug-likeness (QED) is 0.191. The number of hydrogen-bond acceptors (Lipinski definition) is 7. The van der Waals surface area contributed by atoms with Gasteiger partial charge in [0.25, 0.3) is 0 Å². The van der Waals surface area contributed by atoms with Crippen LogP contribution in [-0.2, 0) is 6.54 Å². The van der Waals surface area contributed by atoms with E-state index in [9.17, 15) is 4.79 Å². The summed E-state index contributed by atoms with van der Waals surface area (Å²) in [5.74, 6) is 1.12. The molecule has 0 saturated heterocycles. The van der Waals surface area contributed by atoms with E-state index in [4.69, 9.17) is 21.3 Å². The van der Waals surface area contributed by atoms with Crippen molar-refractivity contribution in [3.05, 3.63) is 95.8 Å². The van der Waals surface area contributed by atoms with Gasteiger partial charge in [0, 0.05) is 61.2 Å². The highest BCUT2D eigenvalue weighted by molar-refractivity contribution is 6.31. The Morgan fingerprint density at radius 2 is 1.98 bits per heavy atom. The summed E-state index contributed by atoms with van der Waals surface area (Å²) in [6.07, 6.45) is 7.00. The number of carbonyl (C=O) groups is 1. The van der Waals surface area contributed by atoms with Crippen LogP contribution < -0.4 is 31.5 Å². The normalized spacial score (nSPS) is 11.1. The molecular weight excluding hydrogens is 528 g/mol. The van der Waals surface area contributed by atoms with E-state index in [1.54, 1.807) is 54.5 Å². The smallest absolute Gasteiger partial charge is 0.323 e.